The molecule has 18 heavy (non-hydrogen) atoms. The monoisotopic (exact) mass is 282 g/mol. The second-order valence-electron chi connectivity index (χ2n) is 4.06. The van der Waals surface area contributed by atoms with E-state index in [2.05, 4.69) is 10.2 Å². The van der Waals surface area contributed by atoms with Crippen molar-refractivity contribution >= 4 is 23.2 Å². The van der Waals surface area contributed by atoms with Crippen LogP contribution in [0.15, 0.2) is 18.2 Å². The molecule has 0 aliphatic heterocycles. The van der Waals surface area contributed by atoms with Gasteiger partial charge < -0.3 is 4.74 Å². The lowest BCUT2D eigenvalue weighted by molar-refractivity contribution is 0.447. The van der Waals surface area contributed by atoms with Crippen LogP contribution < -0.4 is 4.74 Å². The van der Waals surface area contributed by atoms with Gasteiger partial charge in [-0.1, -0.05) is 23.2 Å². The fraction of sp³-hybridized carbons (Fsp3) is 0.231. The summed E-state index contributed by atoms with van der Waals surface area (Å²) in [4.78, 5) is 0. The van der Waals surface area contributed by atoms with Crippen molar-refractivity contribution in [2.45, 2.75) is 20.8 Å². The molecule has 1 aromatic heterocycles. The highest BCUT2D eigenvalue weighted by molar-refractivity contribution is 6.30. The number of hydrogen-bond donors (Lipinski definition) is 0. The summed E-state index contributed by atoms with van der Waals surface area (Å²) < 4.78 is 5.74. The maximum Gasteiger partial charge on any atom is 0.242 e. The minimum atomic E-state index is 0.396. The Morgan fingerprint density at radius 3 is 2.39 bits per heavy atom. The van der Waals surface area contributed by atoms with E-state index in [1.807, 2.05) is 32.9 Å². The number of halogens is 2. The Kier molecular flexibility index (Phi) is 3.73. The predicted octanol–water partition coefficient (Wildman–Crippen LogP) is 4.50. The maximum absolute atomic E-state index is 5.90. The first-order valence-corrected chi connectivity index (χ1v) is 6.18. The molecule has 1 heterocycles. The van der Waals surface area contributed by atoms with Crippen LogP contribution in [0.4, 0.5) is 0 Å². The molecule has 0 aliphatic rings. The Bertz CT molecular complexity index is 600. The number of nitrogens with zero attached hydrogens (tertiary/aromatic N) is 2. The van der Waals surface area contributed by atoms with Gasteiger partial charge in [0.25, 0.3) is 0 Å². The van der Waals surface area contributed by atoms with E-state index in [4.69, 9.17) is 27.9 Å². The first-order valence-electron chi connectivity index (χ1n) is 5.42. The summed E-state index contributed by atoms with van der Waals surface area (Å²) >= 11 is 11.8. The van der Waals surface area contributed by atoms with E-state index >= 15 is 0 Å². The van der Waals surface area contributed by atoms with Crippen molar-refractivity contribution in [1.82, 2.24) is 10.2 Å². The minimum Gasteiger partial charge on any atom is -0.437 e. The second kappa shape index (κ2) is 5.12. The molecule has 3 nitrogen and oxygen atoms in total. The van der Waals surface area contributed by atoms with Crippen LogP contribution in [0.2, 0.25) is 10.2 Å². The van der Waals surface area contributed by atoms with Crippen LogP contribution in [-0.4, -0.2) is 10.2 Å². The molecule has 0 bridgehead atoms. The van der Waals surface area contributed by atoms with Crippen molar-refractivity contribution in [3.05, 3.63) is 45.1 Å². The Labute approximate surface area is 116 Å². The molecule has 0 amide bonds. The predicted molar refractivity (Wildman–Crippen MR) is 72.8 cm³/mol. The average Bonchev–Trinajstić information content (AvgIpc) is 2.33. The van der Waals surface area contributed by atoms with Gasteiger partial charge in [0.2, 0.25) is 5.88 Å². The fourth-order valence-corrected chi connectivity index (χ4v) is 1.89. The summed E-state index contributed by atoms with van der Waals surface area (Å²) in [5.74, 6) is 1.17. The molecule has 0 spiro atoms. The van der Waals surface area contributed by atoms with Gasteiger partial charge in [-0.3, -0.25) is 0 Å². The molecule has 0 saturated carbocycles. The first-order chi connectivity index (χ1) is 8.49. The molecule has 0 fully saturated rings. The first kappa shape index (κ1) is 13.1. The van der Waals surface area contributed by atoms with Crippen molar-refractivity contribution in [1.29, 1.82) is 0 Å². The molecule has 0 radical (unpaired) electrons. The van der Waals surface area contributed by atoms with Crippen LogP contribution in [0.3, 0.4) is 0 Å². The standard InChI is InChI=1S/C13H12Cl2N2O/c1-7-6-10(14)4-5-11(7)18-13-9(3)8(2)12(15)16-17-13/h4-6H,1-3H3. The highest BCUT2D eigenvalue weighted by atomic mass is 35.5. The molecular weight excluding hydrogens is 271 g/mol. The molecule has 2 rings (SSSR count). The molecule has 0 saturated heterocycles. The summed E-state index contributed by atoms with van der Waals surface area (Å²) in [5.41, 5.74) is 2.69. The lowest BCUT2D eigenvalue weighted by Crippen LogP contribution is -1.98. The van der Waals surface area contributed by atoms with Gasteiger partial charge in [0, 0.05) is 10.6 Å². The van der Waals surface area contributed by atoms with Gasteiger partial charge in [-0.05, 0) is 50.1 Å². The molecule has 0 atom stereocenters. The number of ether oxygens (including phenoxy) is 1. The van der Waals surface area contributed by atoms with E-state index in [9.17, 15) is 0 Å². The quantitative estimate of drug-likeness (QED) is 0.813. The van der Waals surface area contributed by atoms with E-state index in [-0.39, 0.29) is 0 Å². The number of rotatable bonds is 2. The molecule has 2 aromatic rings. The third kappa shape index (κ3) is 2.57. The zero-order chi connectivity index (χ0) is 13.3. The molecule has 0 N–H and O–H groups in total. The van der Waals surface area contributed by atoms with Crippen molar-refractivity contribution in [2.75, 3.05) is 0 Å². The number of aryl methyl sites for hydroxylation is 1. The van der Waals surface area contributed by atoms with E-state index in [1.54, 1.807) is 6.07 Å². The maximum atomic E-state index is 5.90. The van der Waals surface area contributed by atoms with Crippen LogP contribution in [0, 0.1) is 20.8 Å². The smallest absolute Gasteiger partial charge is 0.242 e. The third-order valence-corrected chi connectivity index (χ3v) is 3.36. The van der Waals surface area contributed by atoms with Crippen LogP contribution in [0.5, 0.6) is 11.6 Å². The van der Waals surface area contributed by atoms with E-state index in [0.717, 1.165) is 16.7 Å². The number of hydrogen-bond acceptors (Lipinski definition) is 3. The third-order valence-electron chi connectivity index (χ3n) is 2.76. The van der Waals surface area contributed by atoms with Gasteiger partial charge >= 0.3 is 0 Å². The second-order valence-corrected chi connectivity index (χ2v) is 4.85. The van der Waals surface area contributed by atoms with Crippen LogP contribution in [0.25, 0.3) is 0 Å². The van der Waals surface area contributed by atoms with Gasteiger partial charge in [-0.15, -0.1) is 10.2 Å². The lowest BCUT2D eigenvalue weighted by atomic mass is 10.2. The average molecular weight is 283 g/mol. The van der Waals surface area contributed by atoms with Gasteiger partial charge in [-0.2, -0.15) is 0 Å². The fourth-order valence-electron chi connectivity index (χ4n) is 1.48. The minimum absolute atomic E-state index is 0.396. The van der Waals surface area contributed by atoms with Gasteiger partial charge in [0.05, 0.1) is 0 Å². The Morgan fingerprint density at radius 1 is 1.00 bits per heavy atom. The molecule has 1 aromatic carbocycles. The lowest BCUT2D eigenvalue weighted by Gasteiger charge is -2.11. The van der Waals surface area contributed by atoms with E-state index in [1.165, 1.54) is 0 Å². The van der Waals surface area contributed by atoms with Gasteiger partial charge in [-0.25, -0.2) is 0 Å². The zero-order valence-corrected chi connectivity index (χ0v) is 11.8. The van der Waals surface area contributed by atoms with Crippen molar-refractivity contribution in [2.24, 2.45) is 0 Å². The normalized spacial score (nSPS) is 10.5. The van der Waals surface area contributed by atoms with Crippen molar-refractivity contribution < 1.29 is 4.74 Å². The summed E-state index contributed by atoms with van der Waals surface area (Å²) in [6, 6.07) is 5.42. The molecular formula is C13H12Cl2N2O. The molecule has 0 aliphatic carbocycles. The highest BCUT2D eigenvalue weighted by Crippen LogP contribution is 2.29. The highest BCUT2D eigenvalue weighted by Gasteiger charge is 2.11. The van der Waals surface area contributed by atoms with Crippen molar-refractivity contribution in [3.63, 3.8) is 0 Å². The summed E-state index contributed by atoms with van der Waals surface area (Å²) in [5, 5.41) is 8.88. The van der Waals surface area contributed by atoms with Crippen LogP contribution >= 0.6 is 23.2 Å². The molecule has 0 unspecified atom stereocenters. The Morgan fingerprint density at radius 2 is 1.72 bits per heavy atom. The summed E-state index contributed by atoms with van der Waals surface area (Å²) in [6.45, 7) is 5.71. The van der Waals surface area contributed by atoms with E-state index < -0.39 is 0 Å². The SMILES string of the molecule is Cc1cc(Cl)ccc1Oc1nnc(Cl)c(C)c1C. The molecule has 5 heteroatoms. The van der Waals surface area contributed by atoms with E-state index in [0.29, 0.717) is 21.8 Å². The Hall–Kier alpha value is -1.32. The summed E-state index contributed by atoms with van der Waals surface area (Å²) in [6.07, 6.45) is 0. The van der Waals surface area contributed by atoms with Crippen molar-refractivity contribution in [3.8, 4) is 11.6 Å². The number of aromatic nitrogens is 2. The largest absolute Gasteiger partial charge is 0.437 e. The summed E-state index contributed by atoms with van der Waals surface area (Å²) in [7, 11) is 0. The zero-order valence-electron chi connectivity index (χ0n) is 10.3. The topological polar surface area (TPSA) is 35.0 Å². The van der Waals surface area contributed by atoms with Crippen LogP contribution in [-0.2, 0) is 0 Å². The molecule has 94 valence electrons. The Balaban J connectivity index is 2.37. The van der Waals surface area contributed by atoms with Gasteiger partial charge in [0.1, 0.15) is 5.75 Å². The van der Waals surface area contributed by atoms with Crippen LogP contribution in [0.1, 0.15) is 16.7 Å². The number of benzene rings is 1. The van der Waals surface area contributed by atoms with Gasteiger partial charge in [0.15, 0.2) is 5.15 Å².